The van der Waals surface area contributed by atoms with Crippen molar-refractivity contribution in [3.63, 3.8) is 0 Å². The summed E-state index contributed by atoms with van der Waals surface area (Å²) in [5.74, 6) is 1.75. The van der Waals surface area contributed by atoms with Gasteiger partial charge in [-0.15, -0.1) is 0 Å². The minimum absolute atomic E-state index is 0.246. The van der Waals surface area contributed by atoms with Gasteiger partial charge in [0.15, 0.2) is 11.6 Å². The van der Waals surface area contributed by atoms with Gasteiger partial charge in [0.2, 0.25) is 0 Å². The van der Waals surface area contributed by atoms with E-state index in [-0.39, 0.29) is 12.1 Å². The predicted octanol–water partition coefficient (Wildman–Crippen LogP) is 1.02. The molecule has 2 atom stereocenters. The molecule has 0 spiro atoms. The molecular weight excluding hydrogens is 307 g/mol. The van der Waals surface area contributed by atoms with E-state index in [0.29, 0.717) is 13.2 Å². The minimum atomic E-state index is -0.246. The molecule has 80 valence electrons. The number of fused-ring (bicyclic) bond motifs is 3. The van der Waals surface area contributed by atoms with Crippen molar-refractivity contribution in [1.82, 2.24) is 4.98 Å². The monoisotopic (exact) mass is 318 g/mol. The summed E-state index contributed by atoms with van der Waals surface area (Å²) >= 11 is 2.25. The van der Waals surface area contributed by atoms with Crippen LogP contribution in [0.3, 0.4) is 0 Å². The minimum Gasteiger partial charge on any atom is -0.486 e. The van der Waals surface area contributed by atoms with Crippen molar-refractivity contribution < 1.29 is 9.84 Å². The summed E-state index contributed by atoms with van der Waals surface area (Å²) in [5.41, 5.74) is 0. The largest absolute Gasteiger partial charge is 0.486 e. The van der Waals surface area contributed by atoms with Crippen LogP contribution in [-0.2, 0) is 0 Å². The second-order valence-corrected chi connectivity index (χ2v) is 5.11. The van der Waals surface area contributed by atoms with E-state index in [1.54, 1.807) is 6.20 Å². The van der Waals surface area contributed by atoms with Gasteiger partial charge in [-0.25, -0.2) is 4.98 Å². The quantitative estimate of drug-likeness (QED) is 0.726. The fraction of sp³-hybridized carbons (Fsp3) is 0.500. The maximum Gasteiger partial charge on any atom is 0.175 e. The van der Waals surface area contributed by atoms with Crippen LogP contribution in [0.4, 0.5) is 5.82 Å². The first kappa shape index (κ1) is 9.65. The molecule has 2 aliphatic heterocycles. The van der Waals surface area contributed by atoms with Gasteiger partial charge in [0, 0.05) is 12.7 Å². The molecular formula is C10H11IN2O2. The molecule has 0 aromatic carbocycles. The molecule has 15 heavy (non-hydrogen) atoms. The molecule has 1 saturated heterocycles. The Morgan fingerprint density at radius 2 is 2.47 bits per heavy atom. The molecule has 0 bridgehead atoms. The van der Waals surface area contributed by atoms with Crippen LogP contribution in [0, 0.1) is 3.57 Å². The second kappa shape index (κ2) is 3.48. The molecule has 0 amide bonds. The smallest absolute Gasteiger partial charge is 0.175 e. The highest BCUT2D eigenvalue weighted by Gasteiger charge is 2.37. The number of nitrogens with zero attached hydrogens (tertiary/aromatic N) is 2. The van der Waals surface area contributed by atoms with E-state index in [4.69, 9.17) is 4.74 Å². The van der Waals surface area contributed by atoms with Crippen LogP contribution in [0.25, 0.3) is 0 Å². The zero-order chi connectivity index (χ0) is 10.4. The van der Waals surface area contributed by atoms with Crippen LogP contribution < -0.4 is 9.64 Å². The average molecular weight is 318 g/mol. The second-order valence-electron chi connectivity index (χ2n) is 3.95. The van der Waals surface area contributed by atoms with Gasteiger partial charge in [0.25, 0.3) is 0 Å². The molecule has 0 radical (unpaired) electrons. The Morgan fingerprint density at radius 1 is 1.60 bits per heavy atom. The summed E-state index contributed by atoms with van der Waals surface area (Å²) in [4.78, 5) is 6.50. The van der Waals surface area contributed by atoms with E-state index in [2.05, 4.69) is 32.5 Å². The van der Waals surface area contributed by atoms with E-state index in [9.17, 15) is 5.11 Å². The summed E-state index contributed by atoms with van der Waals surface area (Å²) in [6, 6.07) is 2.23. The molecule has 0 aliphatic carbocycles. The first-order valence-corrected chi connectivity index (χ1v) is 6.05. The number of aliphatic hydroxyl groups excluding tert-OH is 1. The molecule has 1 N–H and O–H groups in total. The first-order chi connectivity index (χ1) is 7.25. The molecule has 4 nitrogen and oxygen atoms in total. The van der Waals surface area contributed by atoms with Crippen molar-refractivity contribution in [2.24, 2.45) is 0 Å². The Balaban J connectivity index is 2.05. The van der Waals surface area contributed by atoms with Crippen LogP contribution >= 0.6 is 22.6 Å². The van der Waals surface area contributed by atoms with Gasteiger partial charge in [0.05, 0.1) is 15.7 Å². The molecule has 2 aliphatic rings. The van der Waals surface area contributed by atoms with Crippen molar-refractivity contribution in [3.8, 4) is 5.75 Å². The summed E-state index contributed by atoms with van der Waals surface area (Å²) in [7, 11) is 0. The molecule has 0 saturated carbocycles. The average Bonchev–Trinajstić information content (AvgIpc) is 2.59. The van der Waals surface area contributed by atoms with Gasteiger partial charge in [-0.3, -0.25) is 0 Å². The molecule has 5 heteroatoms. The zero-order valence-electron chi connectivity index (χ0n) is 8.06. The van der Waals surface area contributed by atoms with Crippen molar-refractivity contribution in [3.05, 3.63) is 15.8 Å². The third kappa shape index (κ3) is 1.48. The van der Waals surface area contributed by atoms with Gasteiger partial charge in [0.1, 0.15) is 6.61 Å². The summed E-state index contributed by atoms with van der Waals surface area (Å²) in [5, 5.41) is 9.63. The molecule has 1 aromatic rings. The van der Waals surface area contributed by atoms with E-state index in [1.165, 1.54) is 0 Å². The van der Waals surface area contributed by atoms with Crippen molar-refractivity contribution in [1.29, 1.82) is 0 Å². The van der Waals surface area contributed by atoms with Gasteiger partial charge in [-0.1, -0.05) is 0 Å². The lowest BCUT2D eigenvalue weighted by Gasteiger charge is -2.32. The van der Waals surface area contributed by atoms with E-state index >= 15 is 0 Å². The fourth-order valence-electron chi connectivity index (χ4n) is 2.24. The Kier molecular flexibility index (Phi) is 2.24. The number of rotatable bonds is 0. The van der Waals surface area contributed by atoms with E-state index < -0.39 is 0 Å². The molecule has 3 rings (SSSR count). The topological polar surface area (TPSA) is 45.6 Å². The van der Waals surface area contributed by atoms with Crippen LogP contribution in [0.1, 0.15) is 6.42 Å². The zero-order valence-corrected chi connectivity index (χ0v) is 10.2. The molecule has 1 fully saturated rings. The Morgan fingerprint density at radius 3 is 3.33 bits per heavy atom. The highest BCUT2D eigenvalue weighted by molar-refractivity contribution is 14.1. The summed E-state index contributed by atoms with van der Waals surface area (Å²) in [6.07, 6.45) is 2.33. The number of aromatic nitrogens is 1. The van der Waals surface area contributed by atoms with Gasteiger partial charge in [-0.05, 0) is 35.1 Å². The predicted molar refractivity (Wildman–Crippen MR) is 64.2 cm³/mol. The number of anilines is 1. The third-order valence-electron chi connectivity index (χ3n) is 2.92. The third-order valence-corrected chi connectivity index (χ3v) is 3.77. The van der Waals surface area contributed by atoms with Crippen molar-refractivity contribution in [2.45, 2.75) is 18.6 Å². The number of aliphatic hydroxyl groups is 1. The number of ether oxygens (including phenoxy) is 1. The van der Waals surface area contributed by atoms with E-state index in [0.717, 1.165) is 21.6 Å². The van der Waals surface area contributed by atoms with Crippen LogP contribution in [0.5, 0.6) is 5.75 Å². The van der Waals surface area contributed by atoms with Crippen molar-refractivity contribution >= 4 is 28.4 Å². The lowest BCUT2D eigenvalue weighted by atomic mass is 10.2. The highest BCUT2D eigenvalue weighted by Crippen LogP contribution is 2.38. The maximum absolute atomic E-state index is 9.63. The maximum atomic E-state index is 9.63. The molecule has 1 aromatic heterocycles. The Bertz CT molecular complexity index is 399. The lowest BCUT2D eigenvalue weighted by Crippen LogP contribution is -2.39. The Hall–Kier alpha value is -0.560. The first-order valence-electron chi connectivity index (χ1n) is 4.97. The lowest BCUT2D eigenvalue weighted by molar-refractivity contribution is 0.187. The highest BCUT2D eigenvalue weighted by atomic mass is 127. The Labute approximate surface area is 101 Å². The normalized spacial score (nSPS) is 28.3. The number of hydrogen-bond acceptors (Lipinski definition) is 4. The summed E-state index contributed by atoms with van der Waals surface area (Å²) in [6.45, 7) is 1.33. The van der Waals surface area contributed by atoms with Gasteiger partial charge >= 0.3 is 0 Å². The number of hydrogen-bond donors (Lipinski definition) is 1. The number of pyridine rings is 1. The van der Waals surface area contributed by atoms with Crippen molar-refractivity contribution in [2.75, 3.05) is 18.1 Å². The van der Waals surface area contributed by atoms with Crippen LogP contribution in [-0.4, -0.2) is 35.4 Å². The van der Waals surface area contributed by atoms with E-state index in [1.807, 2.05) is 6.07 Å². The van der Waals surface area contributed by atoms with Crippen LogP contribution in [0.15, 0.2) is 12.3 Å². The SMILES string of the molecule is O[C@H]1C[C@H]2COc3c(I)ccnc3N2C1. The van der Waals surface area contributed by atoms with Crippen LogP contribution in [0.2, 0.25) is 0 Å². The molecule has 0 unspecified atom stereocenters. The molecule has 3 heterocycles. The number of halogens is 1. The van der Waals surface area contributed by atoms with Gasteiger partial charge in [-0.2, -0.15) is 0 Å². The standard InChI is InChI=1S/C10H11IN2O2/c11-8-1-2-12-10-9(8)15-5-6-3-7(14)4-13(6)10/h1-2,6-7,14H,3-5H2/t6-,7-/m0/s1. The van der Waals surface area contributed by atoms with Gasteiger partial charge < -0.3 is 14.7 Å². The summed E-state index contributed by atoms with van der Waals surface area (Å²) < 4.78 is 6.77. The fourth-order valence-corrected chi connectivity index (χ4v) is 2.80.